The molecule has 1 aromatic rings. The van der Waals surface area contributed by atoms with Gasteiger partial charge in [-0.05, 0) is 30.5 Å². The van der Waals surface area contributed by atoms with Gasteiger partial charge in [0.15, 0.2) is 11.5 Å². The number of carbonyl (C=O) groups excluding carboxylic acids is 1. The molecule has 0 N–H and O–H groups in total. The van der Waals surface area contributed by atoms with Crippen LogP contribution in [0.5, 0.6) is 11.5 Å². The first-order valence-electron chi connectivity index (χ1n) is 7.43. The highest BCUT2D eigenvalue weighted by Gasteiger charge is 2.34. The van der Waals surface area contributed by atoms with Gasteiger partial charge in [-0.2, -0.15) is 0 Å². The van der Waals surface area contributed by atoms with Crippen molar-refractivity contribution in [2.24, 2.45) is 5.92 Å². The Labute approximate surface area is 129 Å². The first kappa shape index (κ1) is 16.3. The van der Waals surface area contributed by atoms with Crippen molar-refractivity contribution in [1.29, 1.82) is 0 Å². The number of Topliss-reactive ketones (excluding diaryl/α,β-unsaturated/α-hetero) is 1. The average molecular weight is 307 g/mol. The predicted molar refractivity (Wildman–Crippen MR) is 81.1 cm³/mol. The minimum absolute atomic E-state index is 0.132. The second kappa shape index (κ2) is 7.24. The van der Waals surface area contributed by atoms with E-state index >= 15 is 0 Å². The normalized spacial score (nSPS) is 19.5. The molecule has 2 rings (SSSR count). The number of nitro groups is 1. The van der Waals surface area contributed by atoms with Crippen LogP contribution in [-0.2, 0) is 4.79 Å². The van der Waals surface area contributed by atoms with Gasteiger partial charge < -0.3 is 9.47 Å². The molecule has 1 aromatic carbocycles. The summed E-state index contributed by atoms with van der Waals surface area (Å²) in [6.07, 6.45) is 3.06. The summed E-state index contributed by atoms with van der Waals surface area (Å²) in [5, 5.41) is 11.0. The topological polar surface area (TPSA) is 78.7 Å². The van der Waals surface area contributed by atoms with Crippen molar-refractivity contribution in [2.45, 2.75) is 31.6 Å². The predicted octanol–water partition coefficient (Wildman–Crippen LogP) is 2.82. The molecule has 0 bridgehead atoms. The van der Waals surface area contributed by atoms with E-state index in [0.29, 0.717) is 24.3 Å². The number of nitrogens with zero attached hydrogens (tertiary/aromatic N) is 1. The zero-order valence-corrected chi connectivity index (χ0v) is 12.9. The Bertz CT molecular complexity index is 557. The van der Waals surface area contributed by atoms with Gasteiger partial charge in [0.05, 0.1) is 20.1 Å². The summed E-state index contributed by atoms with van der Waals surface area (Å²) < 4.78 is 10.5. The summed E-state index contributed by atoms with van der Waals surface area (Å²) >= 11 is 0. The van der Waals surface area contributed by atoms with Gasteiger partial charge in [0, 0.05) is 17.3 Å². The van der Waals surface area contributed by atoms with Crippen LogP contribution in [0.1, 0.15) is 37.2 Å². The van der Waals surface area contributed by atoms with Crippen molar-refractivity contribution in [3.8, 4) is 11.5 Å². The van der Waals surface area contributed by atoms with Crippen molar-refractivity contribution in [2.75, 3.05) is 20.8 Å². The summed E-state index contributed by atoms with van der Waals surface area (Å²) in [6.45, 7) is -0.244. The van der Waals surface area contributed by atoms with E-state index in [1.807, 2.05) is 0 Å². The second-order valence-corrected chi connectivity index (χ2v) is 5.55. The molecule has 22 heavy (non-hydrogen) atoms. The van der Waals surface area contributed by atoms with Gasteiger partial charge in [0.1, 0.15) is 5.78 Å². The molecule has 0 aliphatic heterocycles. The number of ketones is 1. The lowest BCUT2D eigenvalue weighted by Crippen LogP contribution is -2.30. The maximum Gasteiger partial charge on any atom is 0.211 e. The molecule has 0 saturated heterocycles. The van der Waals surface area contributed by atoms with Crippen molar-refractivity contribution in [1.82, 2.24) is 0 Å². The van der Waals surface area contributed by atoms with Crippen molar-refractivity contribution in [3.05, 3.63) is 33.9 Å². The van der Waals surface area contributed by atoms with Gasteiger partial charge in [-0.1, -0.05) is 12.5 Å². The van der Waals surface area contributed by atoms with Crippen LogP contribution in [0, 0.1) is 16.0 Å². The highest BCUT2D eigenvalue weighted by molar-refractivity contribution is 5.82. The summed E-state index contributed by atoms with van der Waals surface area (Å²) in [5.74, 6) is 0.533. The zero-order valence-electron chi connectivity index (χ0n) is 12.9. The lowest BCUT2D eigenvalue weighted by atomic mass is 9.76. The lowest BCUT2D eigenvalue weighted by Gasteiger charge is -2.27. The lowest BCUT2D eigenvalue weighted by molar-refractivity contribution is -0.484. The number of benzene rings is 1. The third-order valence-corrected chi connectivity index (χ3v) is 4.27. The molecular weight excluding hydrogens is 286 g/mol. The molecule has 6 nitrogen and oxygen atoms in total. The summed E-state index contributed by atoms with van der Waals surface area (Å²) in [5.41, 5.74) is 0.759. The molecule has 1 aliphatic rings. The van der Waals surface area contributed by atoms with Gasteiger partial charge in [0.25, 0.3) is 0 Å². The quantitative estimate of drug-likeness (QED) is 0.596. The fourth-order valence-corrected chi connectivity index (χ4v) is 3.14. The largest absolute Gasteiger partial charge is 0.493 e. The van der Waals surface area contributed by atoms with Gasteiger partial charge in [-0.25, -0.2) is 0 Å². The van der Waals surface area contributed by atoms with Crippen molar-refractivity contribution < 1.29 is 19.2 Å². The molecule has 1 unspecified atom stereocenters. The number of ether oxygens (including phenoxy) is 2. The second-order valence-electron chi connectivity index (χ2n) is 5.55. The Kier molecular flexibility index (Phi) is 5.35. The summed E-state index contributed by atoms with van der Waals surface area (Å²) in [7, 11) is 3.06. The zero-order chi connectivity index (χ0) is 16.1. The highest BCUT2D eigenvalue weighted by atomic mass is 16.6. The van der Waals surface area contributed by atoms with Crippen LogP contribution in [0.15, 0.2) is 18.2 Å². The molecule has 1 saturated carbocycles. The van der Waals surface area contributed by atoms with Crippen LogP contribution < -0.4 is 9.47 Å². The third-order valence-electron chi connectivity index (χ3n) is 4.27. The van der Waals surface area contributed by atoms with Crippen LogP contribution in [0.3, 0.4) is 0 Å². The van der Waals surface area contributed by atoms with E-state index in [0.717, 1.165) is 18.4 Å². The molecule has 0 heterocycles. The molecule has 0 aromatic heterocycles. The Balaban J connectivity index is 2.36. The maximum absolute atomic E-state index is 12.2. The molecule has 1 fully saturated rings. The number of hydrogen-bond acceptors (Lipinski definition) is 5. The van der Waals surface area contributed by atoms with Gasteiger partial charge in [0.2, 0.25) is 6.54 Å². The molecular formula is C16H21NO5. The fraction of sp³-hybridized carbons (Fsp3) is 0.562. The number of carbonyl (C=O) groups is 1. The van der Waals surface area contributed by atoms with Crippen LogP contribution in [-0.4, -0.2) is 31.5 Å². The molecule has 1 aliphatic carbocycles. The van der Waals surface area contributed by atoms with Crippen LogP contribution in [0.4, 0.5) is 0 Å². The van der Waals surface area contributed by atoms with Crippen LogP contribution in [0.25, 0.3) is 0 Å². The van der Waals surface area contributed by atoms with E-state index in [1.165, 1.54) is 14.2 Å². The fourth-order valence-electron chi connectivity index (χ4n) is 3.14. The number of rotatable bonds is 6. The van der Waals surface area contributed by atoms with Gasteiger partial charge in [-0.15, -0.1) is 0 Å². The number of methoxy groups -OCH3 is 2. The smallest absolute Gasteiger partial charge is 0.211 e. The van der Waals surface area contributed by atoms with E-state index in [4.69, 9.17) is 9.47 Å². The van der Waals surface area contributed by atoms with Crippen molar-refractivity contribution >= 4 is 5.78 Å². The van der Waals surface area contributed by atoms with E-state index in [-0.39, 0.29) is 23.2 Å². The van der Waals surface area contributed by atoms with Crippen LogP contribution in [0.2, 0.25) is 0 Å². The molecule has 6 heteroatoms. The molecule has 0 amide bonds. The third kappa shape index (κ3) is 3.55. The molecule has 2 atom stereocenters. The van der Waals surface area contributed by atoms with Gasteiger partial charge >= 0.3 is 0 Å². The minimum Gasteiger partial charge on any atom is -0.493 e. The first-order valence-corrected chi connectivity index (χ1v) is 7.43. The average Bonchev–Trinajstić information content (AvgIpc) is 2.52. The van der Waals surface area contributed by atoms with E-state index < -0.39 is 5.92 Å². The Morgan fingerprint density at radius 3 is 2.59 bits per heavy atom. The monoisotopic (exact) mass is 307 g/mol. The SMILES string of the molecule is COc1ccc([C@H](C[N+](=O)[O-])C2CCCCC2=O)cc1OC. The Hall–Kier alpha value is -2.11. The molecule has 0 radical (unpaired) electrons. The van der Waals surface area contributed by atoms with Crippen LogP contribution >= 0.6 is 0 Å². The van der Waals surface area contributed by atoms with E-state index in [9.17, 15) is 14.9 Å². The summed E-state index contributed by atoms with van der Waals surface area (Å²) in [6, 6.07) is 5.26. The van der Waals surface area contributed by atoms with E-state index in [1.54, 1.807) is 18.2 Å². The van der Waals surface area contributed by atoms with E-state index in [2.05, 4.69) is 0 Å². The van der Waals surface area contributed by atoms with Gasteiger partial charge in [-0.3, -0.25) is 14.9 Å². The highest BCUT2D eigenvalue weighted by Crippen LogP contribution is 2.37. The molecule has 120 valence electrons. The standard InChI is InChI=1S/C16H21NO5/c1-21-15-8-7-11(9-16(15)22-2)13(10-17(19)20)12-5-3-4-6-14(12)18/h7-9,12-13H,3-6,10H2,1-2H3/t12?,13-/m0/s1. The Morgan fingerprint density at radius 1 is 1.27 bits per heavy atom. The molecule has 0 spiro atoms. The number of hydrogen-bond donors (Lipinski definition) is 0. The Morgan fingerprint density at radius 2 is 2.00 bits per heavy atom. The van der Waals surface area contributed by atoms with Crippen molar-refractivity contribution in [3.63, 3.8) is 0 Å². The summed E-state index contributed by atoms with van der Waals surface area (Å²) in [4.78, 5) is 22.9. The minimum atomic E-state index is -0.414. The maximum atomic E-state index is 12.2. The first-order chi connectivity index (χ1) is 10.6.